The van der Waals surface area contributed by atoms with Gasteiger partial charge in [0.1, 0.15) is 17.4 Å². The van der Waals surface area contributed by atoms with E-state index in [9.17, 15) is 4.79 Å². The number of anilines is 2. The van der Waals surface area contributed by atoms with Gasteiger partial charge in [-0.2, -0.15) is 0 Å². The zero-order valence-electron chi connectivity index (χ0n) is 12.6. The lowest BCUT2D eigenvalue weighted by Gasteiger charge is -2.16. The molecule has 0 aliphatic carbocycles. The van der Waals surface area contributed by atoms with E-state index in [-0.39, 0.29) is 11.9 Å². The number of nitrogens with two attached hydrogens (primary N) is 1. The largest absolute Gasteiger partial charge is 0.397 e. The van der Waals surface area contributed by atoms with E-state index in [1.165, 1.54) is 0 Å². The van der Waals surface area contributed by atoms with Gasteiger partial charge in [0.2, 0.25) is 5.91 Å². The van der Waals surface area contributed by atoms with Gasteiger partial charge in [-0.05, 0) is 38.1 Å². The summed E-state index contributed by atoms with van der Waals surface area (Å²) in [6, 6.07) is 14.6. The quantitative estimate of drug-likeness (QED) is 0.729. The molecule has 2 aromatic carbocycles. The van der Waals surface area contributed by atoms with Crippen LogP contribution in [0.25, 0.3) is 11.0 Å². The summed E-state index contributed by atoms with van der Waals surface area (Å²) in [5.74, 6) is 0.680. The maximum atomic E-state index is 12.5. The molecule has 5 nitrogen and oxygen atoms in total. The molecule has 0 spiro atoms. The number of nitrogens with one attached hydrogen (secondary N) is 1. The maximum absolute atomic E-state index is 12.5. The highest BCUT2D eigenvalue weighted by Gasteiger charge is 2.20. The lowest BCUT2D eigenvalue weighted by molar-refractivity contribution is -0.118. The number of nitrogens with zero attached hydrogens (tertiary/aromatic N) is 2. The van der Waals surface area contributed by atoms with Crippen molar-refractivity contribution < 1.29 is 4.79 Å². The number of aryl methyl sites for hydroxylation is 1. The maximum Gasteiger partial charge on any atom is 0.247 e. The molecule has 112 valence electrons. The summed E-state index contributed by atoms with van der Waals surface area (Å²) in [5.41, 5.74) is 8.97. The van der Waals surface area contributed by atoms with Crippen LogP contribution >= 0.6 is 0 Å². The summed E-state index contributed by atoms with van der Waals surface area (Å²) in [5, 5.41) is 2.92. The second-order valence-corrected chi connectivity index (χ2v) is 5.28. The molecule has 1 heterocycles. The minimum absolute atomic E-state index is 0.0870. The van der Waals surface area contributed by atoms with Crippen LogP contribution in [0.1, 0.15) is 18.8 Å². The average Bonchev–Trinajstić information content (AvgIpc) is 2.85. The highest BCUT2D eigenvalue weighted by Crippen LogP contribution is 2.25. The molecule has 3 aromatic rings. The van der Waals surface area contributed by atoms with E-state index in [1.54, 1.807) is 0 Å². The number of carbonyl (C=O) groups is 1. The second-order valence-electron chi connectivity index (χ2n) is 5.28. The highest BCUT2D eigenvalue weighted by molar-refractivity contribution is 5.95. The lowest BCUT2D eigenvalue weighted by Crippen LogP contribution is -2.24. The molecule has 1 aromatic heterocycles. The Bertz CT molecular complexity index is 823. The molecule has 1 unspecified atom stereocenters. The number of nitrogen functional groups attached to an aromatic ring is 1. The van der Waals surface area contributed by atoms with Crippen molar-refractivity contribution in [3.05, 3.63) is 54.4 Å². The Kier molecular flexibility index (Phi) is 3.55. The molecule has 0 saturated carbocycles. The number of rotatable bonds is 3. The van der Waals surface area contributed by atoms with Crippen LogP contribution in [0, 0.1) is 6.92 Å². The first-order valence-electron chi connectivity index (χ1n) is 7.17. The van der Waals surface area contributed by atoms with Crippen LogP contribution < -0.4 is 11.1 Å². The number of hydrogen-bond donors (Lipinski definition) is 2. The van der Waals surface area contributed by atoms with Gasteiger partial charge in [-0.15, -0.1) is 0 Å². The van der Waals surface area contributed by atoms with E-state index in [0.717, 1.165) is 22.5 Å². The number of hydrogen-bond acceptors (Lipinski definition) is 3. The van der Waals surface area contributed by atoms with E-state index in [1.807, 2.05) is 66.9 Å². The van der Waals surface area contributed by atoms with Crippen LogP contribution in [0.15, 0.2) is 48.5 Å². The van der Waals surface area contributed by atoms with Gasteiger partial charge in [0.05, 0.1) is 11.2 Å². The first-order valence-corrected chi connectivity index (χ1v) is 7.17. The third-order valence-corrected chi connectivity index (χ3v) is 3.74. The van der Waals surface area contributed by atoms with Crippen molar-refractivity contribution in [2.24, 2.45) is 0 Å². The number of benzene rings is 2. The highest BCUT2D eigenvalue weighted by atomic mass is 16.2. The molecule has 0 radical (unpaired) electrons. The average molecular weight is 294 g/mol. The summed E-state index contributed by atoms with van der Waals surface area (Å²) < 4.78 is 1.91. The fourth-order valence-corrected chi connectivity index (χ4v) is 2.63. The predicted octanol–water partition coefficient (Wildman–Crippen LogP) is 3.13. The zero-order valence-corrected chi connectivity index (χ0v) is 12.6. The third kappa shape index (κ3) is 2.41. The molecule has 1 amide bonds. The molecule has 22 heavy (non-hydrogen) atoms. The minimum atomic E-state index is -0.382. The van der Waals surface area contributed by atoms with Crippen molar-refractivity contribution in [1.82, 2.24) is 9.55 Å². The monoisotopic (exact) mass is 294 g/mol. The molecular weight excluding hydrogens is 276 g/mol. The van der Waals surface area contributed by atoms with E-state index in [4.69, 9.17) is 5.73 Å². The van der Waals surface area contributed by atoms with Crippen molar-refractivity contribution in [3.63, 3.8) is 0 Å². The Morgan fingerprint density at radius 3 is 2.64 bits per heavy atom. The number of carbonyl (C=O) groups excluding carboxylic acids is 1. The van der Waals surface area contributed by atoms with Gasteiger partial charge in [-0.3, -0.25) is 4.79 Å². The van der Waals surface area contributed by atoms with Crippen LogP contribution in [0.4, 0.5) is 11.4 Å². The Hall–Kier alpha value is -2.82. The fraction of sp³-hybridized carbons (Fsp3) is 0.176. The van der Waals surface area contributed by atoms with Crippen molar-refractivity contribution in [3.8, 4) is 0 Å². The van der Waals surface area contributed by atoms with E-state index >= 15 is 0 Å². The Balaban J connectivity index is 1.95. The Morgan fingerprint density at radius 2 is 1.91 bits per heavy atom. The van der Waals surface area contributed by atoms with E-state index in [0.29, 0.717) is 5.69 Å². The Labute approximate surface area is 128 Å². The van der Waals surface area contributed by atoms with Crippen LogP contribution in [-0.4, -0.2) is 15.5 Å². The summed E-state index contributed by atoms with van der Waals surface area (Å²) >= 11 is 0. The van der Waals surface area contributed by atoms with Gasteiger partial charge < -0.3 is 15.6 Å². The molecule has 0 aliphatic rings. The van der Waals surface area contributed by atoms with Gasteiger partial charge in [0, 0.05) is 5.69 Å². The summed E-state index contributed by atoms with van der Waals surface area (Å²) in [4.78, 5) is 17.0. The molecule has 3 rings (SSSR count). The van der Waals surface area contributed by atoms with Crippen molar-refractivity contribution in [2.45, 2.75) is 19.9 Å². The molecule has 3 N–H and O–H groups in total. The molecule has 0 bridgehead atoms. The van der Waals surface area contributed by atoms with E-state index in [2.05, 4.69) is 10.3 Å². The van der Waals surface area contributed by atoms with Gasteiger partial charge in [-0.1, -0.05) is 24.3 Å². The van der Waals surface area contributed by atoms with Crippen molar-refractivity contribution in [1.29, 1.82) is 0 Å². The number of fused-ring (bicyclic) bond motifs is 1. The number of amides is 1. The standard InChI is InChI=1S/C17H18N4O/c1-11(17(22)20-13-7-4-3-5-8-13)21-12(2)19-16-14(18)9-6-10-15(16)21/h3-11H,18H2,1-2H3,(H,20,22). The van der Waals surface area contributed by atoms with Gasteiger partial charge in [0.25, 0.3) is 0 Å². The SMILES string of the molecule is Cc1nc2c(N)cccc2n1C(C)C(=O)Nc1ccccc1. The minimum Gasteiger partial charge on any atom is -0.397 e. The third-order valence-electron chi connectivity index (χ3n) is 3.74. The fourth-order valence-electron chi connectivity index (χ4n) is 2.63. The summed E-state index contributed by atoms with van der Waals surface area (Å²) in [7, 11) is 0. The zero-order chi connectivity index (χ0) is 15.7. The smallest absolute Gasteiger partial charge is 0.247 e. The van der Waals surface area contributed by atoms with Crippen molar-refractivity contribution >= 4 is 28.3 Å². The molecule has 1 atom stereocenters. The topological polar surface area (TPSA) is 72.9 Å². The van der Waals surface area contributed by atoms with Crippen LogP contribution in [0.2, 0.25) is 0 Å². The normalized spacial score (nSPS) is 12.3. The number of imidazole rings is 1. The Morgan fingerprint density at radius 1 is 1.18 bits per heavy atom. The molecule has 0 saturated heterocycles. The molecular formula is C17H18N4O. The van der Waals surface area contributed by atoms with Gasteiger partial charge >= 0.3 is 0 Å². The van der Waals surface area contributed by atoms with Crippen LogP contribution in [-0.2, 0) is 4.79 Å². The first kappa shape index (κ1) is 14.1. The molecule has 0 aliphatic heterocycles. The number of aromatic nitrogens is 2. The molecule has 5 heteroatoms. The summed E-state index contributed by atoms with van der Waals surface area (Å²) in [6.07, 6.45) is 0. The van der Waals surface area contributed by atoms with Gasteiger partial charge in [-0.25, -0.2) is 4.98 Å². The van der Waals surface area contributed by atoms with Crippen LogP contribution in [0.5, 0.6) is 0 Å². The number of para-hydroxylation sites is 2. The lowest BCUT2D eigenvalue weighted by atomic mass is 10.2. The summed E-state index contributed by atoms with van der Waals surface area (Å²) in [6.45, 7) is 3.74. The van der Waals surface area contributed by atoms with Crippen LogP contribution in [0.3, 0.4) is 0 Å². The van der Waals surface area contributed by atoms with E-state index < -0.39 is 0 Å². The van der Waals surface area contributed by atoms with Crippen molar-refractivity contribution in [2.75, 3.05) is 11.1 Å². The van der Waals surface area contributed by atoms with Gasteiger partial charge in [0.15, 0.2) is 0 Å². The first-order chi connectivity index (χ1) is 10.6. The molecule has 0 fully saturated rings. The second kappa shape index (κ2) is 5.52. The predicted molar refractivity (Wildman–Crippen MR) is 88.7 cm³/mol.